The van der Waals surface area contributed by atoms with Gasteiger partial charge < -0.3 is 13.9 Å². The van der Waals surface area contributed by atoms with E-state index in [1.54, 1.807) is 0 Å². The van der Waals surface area contributed by atoms with Gasteiger partial charge in [0.15, 0.2) is 5.79 Å². The average molecular weight is 397 g/mol. The molecule has 0 N–H and O–H groups in total. The summed E-state index contributed by atoms with van der Waals surface area (Å²) >= 11 is 0. The molecule has 2 aromatic rings. The molecule has 3 nitrogen and oxygen atoms in total. The Morgan fingerprint density at radius 3 is 1.93 bits per heavy atom. The van der Waals surface area contributed by atoms with Crippen LogP contribution in [-0.2, 0) is 13.9 Å². The molecule has 0 aromatic heterocycles. The molecule has 4 heteroatoms. The van der Waals surface area contributed by atoms with Gasteiger partial charge in [0.05, 0.1) is 13.2 Å². The van der Waals surface area contributed by atoms with Crippen LogP contribution in [-0.4, -0.2) is 33.4 Å². The van der Waals surface area contributed by atoms with Gasteiger partial charge in [0.25, 0.3) is 8.32 Å². The fraction of sp³-hybridized carbons (Fsp3) is 0.417. The van der Waals surface area contributed by atoms with E-state index in [2.05, 4.69) is 88.0 Å². The van der Waals surface area contributed by atoms with Crippen LogP contribution in [0.4, 0.5) is 0 Å². The lowest BCUT2D eigenvalue weighted by atomic mass is 10.2. The lowest BCUT2D eigenvalue weighted by Crippen LogP contribution is -2.66. The smallest absolute Gasteiger partial charge is 0.261 e. The number of ether oxygens (including phenoxy) is 2. The Labute approximate surface area is 170 Å². The number of rotatable bonds is 6. The molecule has 3 rings (SSSR count). The van der Waals surface area contributed by atoms with Gasteiger partial charge in [-0.15, -0.1) is 0 Å². The molecule has 1 heterocycles. The molecule has 1 fully saturated rings. The summed E-state index contributed by atoms with van der Waals surface area (Å²) in [6.07, 6.45) is -0.131. The molecular weight excluding hydrogens is 364 g/mol. The van der Waals surface area contributed by atoms with Gasteiger partial charge in [-0.25, -0.2) is 0 Å². The molecule has 1 atom stereocenters. The topological polar surface area (TPSA) is 27.7 Å². The zero-order chi connectivity index (χ0) is 20.4. The molecule has 0 spiro atoms. The van der Waals surface area contributed by atoms with Crippen molar-refractivity contribution in [1.29, 1.82) is 0 Å². The standard InChI is InChI=1S/C24H32O3Si/c1-19(22-18-25-24(5,6)27-22)17-26-28(23(2,3)4,20-13-9-7-10-14-20)21-15-11-8-12-16-21/h7-16,22H,1,17-18H2,2-6H3/t22-/m0/s1. The summed E-state index contributed by atoms with van der Waals surface area (Å²) in [5, 5.41) is 2.48. The van der Waals surface area contributed by atoms with Crippen molar-refractivity contribution in [3.05, 3.63) is 72.8 Å². The number of hydrogen-bond acceptors (Lipinski definition) is 3. The van der Waals surface area contributed by atoms with Gasteiger partial charge in [0.2, 0.25) is 0 Å². The highest BCUT2D eigenvalue weighted by molar-refractivity contribution is 6.99. The minimum atomic E-state index is -2.56. The Balaban J connectivity index is 1.96. The van der Waals surface area contributed by atoms with Crippen molar-refractivity contribution in [2.24, 2.45) is 0 Å². The van der Waals surface area contributed by atoms with Crippen LogP contribution in [0.25, 0.3) is 0 Å². The highest BCUT2D eigenvalue weighted by Crippen LogP contribution is 2.37. The van der Waals surface area contributed by atoms with Crippen molar-refractivity contribution in [2.45, 2.75) is 51.5 Å². The van der Waals surface area contributed by atoms with Gasteiger partial charge in [-0.1, -0.05) is 88.0 Å². The molecule has 0 radical (unpaired) electrons. The second kappa shape index (κ2) is 7.95. The van der Waals surface area contributed by atoms with E-state index < -0.39 is 14.1 Å². The zero-order valence-electron chi connectivity index (χ0n) is 17.7. The molecule has 0 aliphatic carbocycles. The fourth-order valence-corrected chi connectivity index (χ4v) is 8.50. The van der Waals surface area contributed by atoms with Crippen LogP contribution < -0.4 is 10.4 Å². The summed E-state index contributed by atoms with van der Waals surface area (Å²) in [6.45, 7) is 15.9. The third kappa shape index (κ3) is 4.15. The van der Waals surface area contributed by atoms with Crippen molar-refractivity contribution in [3.8, 4) is 0 Å². The first kappa shape index (κ1) is 21.0. The fourth-order valence-electron chi connectivity index (χ4n) is 3.94. The largest absolute Gasteiger partial charge is 0.403 e. The maximum atomic E-state index is 6.91. The zero-order valence-corrected chi connectivity index (χ0v) is 18.7. The second-order valence-electron chi connectivity index (χ2n) is 8.93. The van der Waals surface area contributed by atoms with Crippen LogP contribution in [0.1, 0.15) is 34.6 Å². The molecule has 1 aliphatic heterocycles. The predicted octanol–water partition coefficient (Wildman–Crippen LogP) is 4.27. The minimum Gasteiger partial charge on any atom is -0.403 e. The van der Waals surface area contributed by atoms with Gasteiger partial charge in [0, 0.05) is 0 Å². The SMILES string of the molecule is C=C(CO[Si](c1ccccc1)(c1ccccc1)C(C)(C)C)[C@@H]1COC(C)(C)O1. The van der Waals surface area contributed by atoms with Crippen LogP contribution >= 0.6 is 0 Å². The van der Waals surface area contributed by atoms with Gasteiger partial charge in [-0.3, -0.25) is 0 Å². The Kier molecular flexibility index (Phi) is 5.96. The first-order chi connectivity index (χ1) is 13.2. The first-order valence-corrected chi connectivity index (χ1v) is 11.8. The van der Waals surface area contributed by atoms with E-state index in [0.717, 1.165) is 5.57 Å². The van der Waals surface area contributed by atoms with E-state index in [1.807, 2.05) is 13.8 Å². The van der Waals surface area contributed by atoms with Gasteiger partial charge >= 0.3 is 0 Å². The summed E-state index contributed by atoms with van der Waals surface area (Å²) in [5.74, 6) is -0.564. The van der Waals surface area contributed by atoms with Crippen molar-refractivity contribution in [1.82, 2.24) is 0 Å². The molecule has 1 aliphatic rings. The highest BCUT2D eigenvalue weighted by Gasteiger charge is 2.50. The summed E-state index contributed by atoms with van der Waals surface area (Å²) < 4.78 is 18.6. The molecule has 0 unspecified atom stereocenters. The third-order valence-electron chi connectivity index (χ3n) is 5.35. The molecule has 28 heavy (non-hydrogen) atoms. The number of benzene rings is 2. The summed E-state index contributed by atoms with van der Waals surface area (Å²) in [6, 6.07) is 21.3. The Morgan fingerprint density at radius 1 is 1.04 bits per heavy atom. The van der Waals surface area contributed by atoms with Crippen LogP contribution in [0.15, 0.2) is 72.8 Å². The second-order valence-corrected chi connectivity index (χ2v) is 13.2. The van der Waals surface area contributed by atoms with Crippen LogP contribution in [0.2, 0.25) is 5.04 Å². The predicted molar refractivity (Wildman–Crippen MR) is 118 cm³/mol. The van der Waals surface area contributed by atoms with Crippen molar-refractivity contribution < 1.29 is 13.9 Å². The summed E-state index contributed by atoms with van der Waals surface area (Å²) in [4.78, 5) is 0. The molecule has 1 saturated heterocycles. The average Bonchev–Trinajstić information content (AvgIpc) is 3.03. The Bertz CT molecular complexity index is 754. The normalized spacial score (nSPS) is 19.5. The lowest BCUT2D eigenvalue weighted by molar-refractivity contribution is -0.134. The van der Waals surface area contributed by atoms with Crippen molar-refractivity contribution in [2.75, 3.05) is 13.2 Å². The van der Waals surface area contributed by atoms with Crippen LogP contribution in [0.5, 0.6) is 0 Å². The molecule has 0 saturated carbocycles. The van der Waals surface area contributed by atoms with Crippen molar-refractivity contribution in [3.63, 3.8) is 0 Å². The summed E-state index contributed by atoms with van der Waals surface area (Å²) in [5.41, 5.74) is 0.929. The molecular formula is C24H32O3Si. The van der Waals surface area contributed by atoms with E-state index in [9.17, 15) is 0 Å². The molecule has 150 valence electrons. The lowest BCUT2D eigenvalue weighted by Gasteiger charge is -2.43. The van der Waals surface area contributed by atoms with E-state index in [-0.39, 0.29) is 11.1 Å². The van der Waals surface area contributed by atoms with E-state index >= 15 is 0 Å². The highest BCUT2D eigenvalue weighted by atomic mass is 28.4. The van der Waals surface area contributed by atoms with E-state index in [1.165, 1.54) is 10.4 Å². The van der Waals surface area contributed by atoms with Gasteiger partial charge in [-0.2, -0.15) is 0 Å². The van der Waals surface area contributed by atoms with Crippen LogP contribution in [0.3, 0.4) is 0 Å². The van der Waals surface area contributed by atoms with Crippen molar-refractivity contribution >= 4 is 18.7 Å². The van der Waals surface area contributed by atoms with Gasteiger partial charge in [-0.05, 0) is 34.8 Å². The molecule has 0 amide bonds. The molecule has 0 bridgehead atoms. The maximum absolute atomic E-state index is 6.91. The minimum absolute atomic E-state index is 0.0533. The van der Waals surface area contributed by atoms with E-state index in [4.69, 9.17) is 13.9 Å². The van der Waals surface area contributed by atoms with Crippen LogP contribution in [0, 0.1) is 0 Å². The third-order valence-corrected chi connectivity index (χ3v) is 10.3. The number of hydrogen-bond donors (Lipinski definition) is 0. The van der Waals surface area contributed by atoms with Gasteiger partial charge in [0.1, 0.15) is 6.10 Å². The summed E-state index contributed by atoms with van der Waals surface area (Å²) in [7, 11) is -2.56. The quantitative estimate of drug-likeness (QED) is 0.539. The maximum Gasteiger partial charge on any atom is 0.261 e. The monoisotopic (exact) mass is 396 g/mol. The molecule has 2 aromatic carbocycles. The Morgan fingerprint density at radius 2 is 1.54 bits per heavy atom. The van der Waals surface area contributed by atoms with E-state index in [0.29, 0.717) is 13.2 Å². The Hall–Kier alpha value is -1.72. The first-order valence-electron chi connectivity index (χ1n) is 9.90.